The number of fused-ring (bicyclic) bond motifs is 1. The molecule has 152 valence electrons. The summed E-state index contributed by atoms with van der Waals surface area (Å²) in [5.74, 6) is 0.819. The van der Waals surface area contributed by atoms with Gasteiger partial charge in [-0.15, -0.1) is 0 Å². The molecule has 0 aromatic carbocycles. The topological polar surface area (TPSA) is 88.5 Å². The van der Waals surface area contributed by atoms with Crippen molar-refractivity contribution in [3.63, 3.8) is 0 Å². The van der Waals surface area contributed by atoms with Gasteiger partial charge in [-0.25, -0.2) is 9.97 Å². The zero-order valence-electron chi connectivity index (χ0n) is 16.6. The molecule has 1 saturated heterocycles. The summed E-state index contributed by atoms with van der Waals surface area (Å²) in [6.45, 7) is 4.85. The number of hydrogen-bond donors (Lipinski definition) is 0. The van der Waals surface area contributed by atoms with Gasteiger partial charge in [0, 0.05) is 37.8 Å². The Balaban J connectivity index is 1.64. The van der Waals surface area contributed by atoms with Crippen LogP contribution in [0.25, 0.3) is 11.5 Å². The maximum Gasteiger partial charge on any atom is 0.315 e. The molecule has 0 unspecified atom stereocenters. The highest BCUT2D eigenvalue weighted by molar-refractivity contribution is 5.94. The first-order valence-corrected chi connectivity index (χ1v) is 10.1. The summed E-state index contributed by atoms with van der Waals surface area (Å²) in [7, 11) is 0. The first-order valence-electron chi connectivity index (χ1n) is 10.1. The molecule has 0 saturated carbocycles. The highest BCUT2D eigenvalue weighted by Crippen LogP contribution is 2.31. The second-order valence-electron chi connectivity index (χ2n) is 7.25. The molecule has 0 bridgehead atoms. The molecule has 4 rings (SSSR count). The van der Waals surface area contributed by atoms with Gasteiger partial charge >= 0.3 is 5.97 Å². The van der Waals surface area contributed by atoms with Crippen molar-refractivity contribution in [2.24, 2.45) is 0 Å². The van der Waals surface area contributed by atoms with Crippen LogP contribution in [-0.4, -0.2) is 58.0 Å². The Morgan fingerprint density at radius 3 is 2.69 bits per heavy atom. The summed E-state index contributed by atoms with van der Waals surface area (Å²) in [5, 5.41) is 0. The molecule has 0 aliphatic carbocycles. The molecule has 8 nitrogen and oxygen atoms in total. The second-order valence-corrected chi connectivity index (χ2v) is 7.25. The normalized spacial score (nSPS) is 15.9. The van der Waals surface area contributed by atoms with Crippen molar-refractivity contribution < 1.29 is 14.3 Å². The van der Waals surface area contributed by atoms with Gasteiger partial charge in [-0.3, -0.25) is 14.6 Å². The van der Waals surface area contributed by atoms with Crippen LogP contribution in [0.4, 0.5) is 5.82 Å². The molecule has 2 aromatic heterocycles. The van der Waals surface area contributed by atoms with Crippen molar-refractivity contribution in [2.75, 3.05) is 31.1 Å². The van der Waals surface area contributed by atoms with E-state index in [0.29, 0.717) is 25.3 Å². The molecular formula is C21H25N5O3. The lowest BCUT2D eigenvalue weighted by atomic mass is 10.0. The summed E-state index contributed by atoms with van der Waals surface area (Å²) in [6.07, 6.45) is 4.40. The number of esters is 1. The van der Waals surface area contributed by atoms with Gasteiger partial charge in [-0.05, 0) is 31.9 Å². The number of ether oxygens (including phenoxy) is 1. The first-order chi connectivity index (χ1) is 14.2. The van der Waals surface area contributed by atoms with Gasteiger partial charge < -0.3 is 14.5 Å². The van der Waals surface area contributed by atoms with Crippen molar-refractivity contribution in [2.45, 2.75) is 39.2 Å². The van der Waals surface area contributed by atoms with Gasteiger partial charge in [-0.1, -0.05) is 6.07 Å². The van der Waals surface area contributed by atoms with E-state index in [-0.39, 0.29) is 18.9 Å². The fraction of sp³-hybridized carbons (Fsp3) is 0.476. The number of pyridine rings is 1. The zero-order valence-corrected chi connectivity index (χ0v) is 16.6. The molecule has 0 spiro atoms. The number of anilines is 1. The van der Waals surface area contributed by atoms with Gasteiger partial charge in [0.1, 0.15) is 17.9 Å². The molecule has 0 atom stereocenters. The van der Waals surface area contributed by atoms with Crippen molar-refractivity contribution in [3.8, 4) is 11.5 Å². The maximum absolute atomic E-state index is 12.6. The second kappa shape index (κ2) is 8.55. The van der Waals surface area contributed by atoms with Crippen molar-refractivity contribution in [1.82, 2.24) is 19.9 Å². The highest BCUT2D eigenvalue weighted by Gasteiger charge is 2.29. The Labute approximate surface area is 169 Å². The minimum Gasteiger partial charge on any atom is -0.466 e. The van der Waals surface area contributed by atoms with Gasteiger partial charge in [-0.2, -0.15) is 0 Å². The van der Waals surface area contributed by atoms with Crippen LogP contribution in [0.2, 0.25) is 0 Å². The van der Waals surface area contributed by atoms with Crippen LogP contribution in [-0.2, 0) is 27.3 Å². The van der Waals surface area contributed by atoms with E-state index in [0.717, 1.165) is 48.7 Å². The van der Waals surface area contributed by atoms with Crippen LogP contribution >= 0.6 is 0 Å². The third kappa shape index (κ3) is 4.21. The lowest BCUT2D eigenvalue weighted by molar-refractivity contribution is -0.148. The average molecular weight is 395 g/mol. The van der Waals surface area contributed by atoms with E-state index in [1.165, 1.54) is 0 Å². The molecule has 0 N–H and O–H groups in total. The van der Waals surface area contributed by atoms with Crippen molar-refractivity contribution in [1.29, 1.82) is 0 Å². The monoisotopic (exact) mass is 395 g/mol. The van der Waals surface area contributed by atoms with E-state index in [2.05, 4.69) is 9.88 Å². The molecule has 1 fully saturated rings. The molecule has 2 aliphatic rings. The van der Waals surface area contributed by atoms with Crippen LogP contribution in [0.5, 0.6) is 0 Å². The van der Waals surface area contributed by atoms with Gasteiger partial charge in [0.2, 0.25) is 5.91 Å². The predicted octanol–water partition coefficient (Wildman–Crippen LogP) is 1.98. The van der Waals surface area contributed by atoms with E-state index in [1.807, 2.05) is 18.2 Å². The lowest BCUT2D eigenvalue weighted by Crippen LogP contribution is -2.39. The van der Waals surface area contributed by atoms with E-state index in [1.54, 1.807) is 18.0 Å². The molecule has 2 aliphatic heterocycles. The molecule has 8 heteroatoms. The van der Waals surface area contributed by atoms with Crippen LogP contribution in [0.3, 0.4) is 0 Å². The summed E-state index contributed by atoms with van der Waals surface area (Å²) >= 11 is 0. The summed E-state index contributed by atoms with van der Waals surface area (Å²) in [5.41, 5.74) is 2.69. The van der Waals surface area contributed by atoms with E-state index >= 15 is 0 Å². The number of rotatable bonds is 5. The van der Waals surface area contributed by atoms with Gasteiger partial charge in [0.15, 0.2) is 5.82 Å². The standard InChI is InChI=1S/C21H25N5O3/c1-2-29-19(28)13-18(27)26-12-8-16-15(14-26)21(25-10-5-6-11-25)24-20(23-16)17-7-3-4-9-22-17/h3-4,7,9H,2,5-6,8,10-14H2,1H3. The fourth-order valence-electron chi connectivity index (χ4n) is 3.86. The average Bonchev–Trinajstić information content (AvgIpc) is 3.28. The Hall–Kier alpha value is -3.03. The number of carbonyl (C=O) groups excluding carboxylic acids is 2. The van der Waals surface area contributed by atoms with Gasteiger partial charge in [0.05, 0.1) is 18.8 Å². The lowest BCUT2D eigenvalue weighted by Gasteiger charge is -2.31. The van der Waals surface area contributed by atoms with Crippen molar-refractivity contribution >= 4 is 17.7 Å². The van der Waals surface area contributed by atoms with Gasteiger partial charge in [0.25, 0.3) is 0 Å². The molecule has 2 aromatic rings. The predicted molar refractivity (Wildman–Crippen MR) is 107 cm³/mol. The number of carbonyl (C=O) groups is 2. The largest absolute Gasteiger partial charge is 0.466 e. The third-order valence-corrected chi connectivity index (χ3v) is 5.29. The maximum atomic E-state index is 12.6. The smallest absolute Gasteiger partial charge is 0.315 e. The first kappa shape index (κ1) is 19.3. The minimum atomic E-state index is -0.482. The summed E-state index contributed by atoms with van der Waals surface area (Å²) in [6, 6.07) is 5.71. The van der Waals surface area contributed by atoms with E-state index < -0.39 is 5.97 Å². The number of amides is 1. The minimum absolute atomic E-state index is 0.213. The third-order valence-electron chi connectivity index (χ3n) is 5.29. The fourth-order valence-corrected chi connectivity index (χ4v) is 3.86. The van der Waals surface area contributed by atoms with E-state index in [4.69, 9.17) is 14.7 Å². The molecule has 0 radical (unpaired) electrons. The molecular weight excluding hydrogens is 370 g/mol. The molecule has 29 heavy (non-hydrogen) atoms. The Kier molecular flexibility index (Phi) is 5.69. The van der Waals surface area contributed by atoms with Crippen LogP contribution in [0.15, 0.2) is 24.4 Å². The molecule has 4 heterocycles. The quantitative estimate of drug-likeness (QED) is 0.565. The number of hydrogen-bond acceptors (Lipinski definition) is 7. The Bertz CT molecular complexity index is 897. The Morgan fingerprint density at radius 2 is 1.97 bits per heavy atom. The SMILES string of the molecule is CCOC(=O)CC(=O)N1CCc2nc(-c3ccccn3)nc(N3CCCC3)c2C1. The van der Waals surface area contributed by atoms with Crippen LogP contribution < -0.4 is 4.90 Å². The number of nitrogens with zero attached hydrogens (tertiary/aromatic N) is 5. The van der Waals surface area contributed by atoms with Crippen molar-refractivity contribution in [3.05, 3.63) is 35.7 Å². The number of aromatic nitrogens is 3. The summed E-state index contributed by atoms with van der Waals surface area (Å²) in [4.78, 5) is 42.3. The summed E-state index contributed by atoms with van der Waals surface area (Å²) < 4.78 is 4.92. The Morgan fingerprint density at radius 1 is 1.14 bits per heavy atom. The van der Waals surface area contributed by atoms with Crippen LogP contribution in [0.1, 0.15) is 37.4 Å². The molecule has 1 amide bonds. The zero-order chi connectivity index (χ0) is 20.2. The highest BCUT2D eigenvalue weighted by atomic mass is 16.5. The van der Waals surface area contributed by atoms with Crippen LogP contribution in [0, 0.1) is 0 Å². The van der Waals surface area contributed by atoms with E-state index in [9.17, 15) is 9.59 Å².